The van der Waals surface area contributed by atoms with Crippen molar-refractivity contribution in [2.24, 2.45) is 0 Å². The number of amides is 2. The van der Waals surface area contributed by atoms with Gasteiger partial charge in [-0.2, -0.15) is 0 Å². The fourth-order valence-electron chi connectivity index (χ4n) is 3.40. The first-order chi connectivity index (χ1) is 13.1. The van der Waals surface area contributed by atoms with Crippen molar-refractivity contribution in [1.29, 1.82) is 0 Å². The van der Waals surface area contributed by atoms with E-state index in [-0.39, 0.29) is 17.8 Å². The highest BCUT2D eigenvalue weighted by Gasteiger charge is 2.48. The quantitative estimate of drug-likeness (QED) is 0.615. The largest absolute Gasteiger partial charge is 0.444 e. The highest BCUT2D eigenvalue weighted by Crippen LogP contribution is 2.38. The lowest BCUT2D eigenvalue weighted by Crippen LogP contribution is -2.57. The number of rotatable bonds is 3. The zero-order chi connectivity index (χ0) is 20.5. The van der Waals surface area contributed by atoms with Crippen molar-refractivity contribution in [3.63, 3.8) is 0 Å². The van der Waals surface area contributed by atoms with Gasteiger partial charge in [0.2, 0.25) is 5.91 Å². The molecule has 0 aromatic heterocycles. The van der Waals surface area contributed by atoms with E-state index in [1.807, 2.05) is 32.9 Å². The average molecular weight is 406 g/mol. The molecule has 152 valence electrons. The predicted octanol–water partition coefficient (Wildman–Crippen LogP) is 3.06. The van der Waals surface area contributed by atoms with Crippen molar-refractivity contribution >= 4 is 29.7 Å². The van der Waals surface area contributed by atoms with Crippen LogP contribution in [-0.4, -0.2) is 57.9 Å². The number of ether oxygens (including phenoxy) is 1. The van der Waals surface area contributed by atoms with Gasteiger partial charge in [0.1, 0.15) is 11.3 Å². The second kappa shape index (κ2) is 7.75. The number of hydrogen-bond acceptors (Lipinski definition) is 6. The minimum Gasteiger partial charge on any atom is -0.444 e. The molecule has 2 aliphatic heterocycles. The summed E-state index contributed by atoms with van der Waals surface area (Å²) in [6.07, 6.45) is 0.957. The molecule has 2 amide bonds. The van der Waals surface area contributed by atoms with E-state index in [9.17, 15) is 14.4 Å². The number of Topliss-reactive ketones (excluding diaryl/α,β-unsaturated/α-hetero) is 1. The summed E-state index contributed by atoms with van der Waals surface area (Å²) in [7, 11) is 0. The summed E-state index contributed by atoms with van der Waals surface area (Å²) in [6.45, 7) is 8.44. The SMILES string of the molecule is CC(=O)c1ccc(SN2CC(=O)NC23CCN(C(=O)OC(C)(C)C)CC3)cc1. The number of carbonyl (C=O) groups excluding carboxylic acids is 3. The van der Waals surface area contributed by atoms with Gasteiger partial charge in [0, 0.05) is 36.4 Å². The Labute approximate surface area is 169 Å². The molecule has 0 aliphatic carbocycles. The van der Waals surface area contributed by atoms with Crippen LogP contribution in [0.1, 0.15) is 50.9 Å². The Kier molecular flexibility index (Phi) is 5.72. The van der Waals surface area contributed by atoms with Gasteiger partial charge in [-0.25, -0.2) is 9.10 Å². The van der Waals surface area contributed by atoms with Crippen molar-refractivity contribution in [1.82, 2.24) is 14.5 Å². The summed E-state index contributed by atoms with van der Waals surface area (Å²) in [6, 6.07) is 7.39. The van der Waals surface area contributed by atoms with Crippen LogP contribution in [0.5, 0.6) is 0 Å². The third-order valence-electron chi connectivity index (χ3n) is 4.86. The van der Waals surface area contributed by atoms with Gasteiger partial charge < -0.3 is 15.0 Å². The van der Waals surface area contributed by atoms with Crippen molar-refractivity contribution in [3.8, 4) is 0 Å². The van der Waals surface area contributed by atoms with Gasteiger partial charge in [-0.1, -0.05) is 12.1 Å². The van der Waals surface area contributed by atoms with Gasteiger partial charge in [0.15, 0.2) is 5.78 Å². The Bertz CT molecular complexity index is 765. The second-order valence-electron chi connectivity index (χ2n) is 8.26. The fourth-order valence-corrected chi connectivity index (χ4v) is 4.50. The molecule has 1 aromatic carbocycles. The zero-order valence-electron chi connectivity index (χ0n) is 16.8. The number of nitrogens with zero attached hydrogens (tertiary/aromatic N) is 2. The maximum atomic E-state index is 12.3. The van der Waals surface area contributed by atoms with Gasteiger partial charge in [-0.05, 0) is 51.8 Å². The van der Waals surface area contributed by atoms with Crippen molar-refractivity contribution in [2.75, 3.05) is 19.6 Å². The number of likely N-dealkylation sites (tertiary alicyclic amines) is 1. The zero-order valence-corrected chi connectivity index (χ0v) is 17.6. The van der Waals surface area contributed by atoms with E-state index in [0.717, 1.165) is 4.90 Å². The molecule has 0 atom stereocenters. The van der Waals surface area contributed by atoms with E-state index in [2.05, 4.69) is 9.62 Å². The van der Waals surface area contributed by atoms with Gasteiger partial charge in [-0.3, -0.25) is 9.59 Å². The van der Waals surface area contributed by atoms with Crippen molar-refractivity contribution < 1.29 is 19.1 Å². The molecular formula is C20H27N3O4S. The van der Waals surface area contributed by atoms with Gasteiger partial charge in [-0.15, -0.1) is 0 Å². The first-order valence-electron chi connectivity index (χ1n) is 9.44. The molecule has 2 fully saturated rings. The van der Waals surface area contributed by atoms with Crippen molar-refractivity contribution in [3.05, 3.63) is 29.8 Å². The average Bonchev–Trinajstić information content (AvgIpc) is 2.89. The highest BCUT2D eigenvalue weighted by atomic mass is 32.2. The van der Waals surface area contributed by atoms with Crippen LogP contribution in [0.3, 0.4) is 0 Å². The van der Waals surface area contributed by atoms with Crippen LogP contribution in [0.25, 0.3) is 0 Å². The first kappa shape index (κ1) is 20.7. The van der Waals surface area contributed by atoms with Gasteiger partial charge in [0.05, 0.1) is 6.54 Å². The molecule has 28 heavy (non-hydrogen) atoms. The summed E-state index contributed by atoms with van der Waals surface area (Å²) in [5, 5.41) is 3.11. The Balaban J connectivity index is 1.66. The molecule has 3 rings (SSSR count). The number of carbonyl (C=O) groups is 3. The topological polar surface area (TPSA) is 79.0 Å². The Morgan fingerprint density at radius 1 is 1.14 bits per heavy atom. The molecule has 2 heterocycles. The van der Waals surface area contributed by atoms with E-state index in [4.69, 9.17) is 4.74 Å². The minimum atomic E-state index is -0.526. The molecular weight excluding hydrogens is 378 g/mol. The van der Waals surface area contributed by atoms with Crippen LogP contribution < -0.4 is 5.32 Å². The molecule has 7 nitrogen and oxygen atoms in total. The molecule has 0 saturated carbocycles. The summed E-state index contributed by atoms with van der Waals surface area (Å²) in [5.74, 6) is 0.0131. The standard InChI is InChI=1S/C20H27N3O4S/c1-14(24)15-5-7-16(8-6-15)28-23-13-17(25)21-20(23)9-11-22(12-10-20)18(26)27-19(2,3)4/h5-8H,9-13H2,1-4H3,(H,21,25). The van der Waals surface area contributed by atoms with Gasteiger partial charge in [0.25, 0.3) is 0 Å². The molecule has 0 unspecified atom stereocenters. The number of piperidine rings is 1. The molecule has 1 N–H and O–H groups in total. The van der Waals surface area contributed by atoms with Crippen LogP contribution in [0.2, 0.25) is 0 Å². The summed E-state index contributed by atoms with van der Waals surface area (Å²) in [4.78, 5) is 38.6. The normalized spacial score (nSPS) is 19.6. The predicted molar refractivity (Wildman–Crippen MR) is 107 cm³/mol. The lowest BCUT2D eigenvalue weighted by Gasteiger charge is -2.43. The third-order valence-corrected chi connectivity index (χ3v) is 6.04. The summed E-state index contributed by atoms with van der Waals surface area (Å²) >= 11 is 1.50. The molecule has 2 saturated heterocycles. The van der Waals surface area contributed by atoms with E-state index in [1.54, 1.807) is 24.0 Å². The first-order valence-corrected chi connectivity index (χ1v) is 10.2. The van der Waals surface area contributed by atoms with E-state index in [0.29, 0.717) is 38.0 Å². The molecule has 0 bridgehead atoms. The molecule has 0 radical (unpaired) electrons. The van der Waals surface area contributed by atoms with Crippen molar-refractivity contribution in [2.45, 2.75) is 56.7 Å². The minimum absolute atomic E-state index is 0.0152. The number of ketones is 1. The van der Waals surface area contributed by atoms with E-state index >= 15 is 0 Å². The summed E-state index contributed by atoms with van der Waals surface area (Å²) in [5.41, 5.74) is -0.332. The number of hydrogen-bond donors (Lipinski definition) is 1. The second-order valence-corrected chi connectivity index (χ2v) is 9.35. The maximum absolute atomic E-state index is 12.3. The lowest BCUT2D eigenvalue weighted by atomic mass is 9.98. The number of nitrogens with one attached hydrogen (secondary N) is 1. The Hall–Kier alpha value is -2.06. The molecule has 8 heteroatoms. The highest BCUT2D eigenvalue weighted by molar-refractivity contribution is 7.97. The smallest absolute Gasteiger partial charge is 0.410 e. The summed E-state index contributed by atoms with van der Waals surface area (Å²) < 4.78 is 7.52. The Morgan fingerprint density at radius 3 is 2.29 bits per heavy atom. The van der Waals surface area contributed by atoms with E-state index < -0.39 is 11.3 Å². The third kappa shape index (κ3) is 4.67. The number of benzene rings is 1. The van der Waals surface area contributed by atoms with Crippen LogP contribution in [0, 0.1) is 0 Å². The lowest BCUT2D eigenvalue weighted by molar-refractivity contribution is -0.119. The van der Waals surface area contributed by atoms with Crippen LogP contribution in [0.4, 0.5) is 4.79 Å². The fraction of sp³-hybridized carbons (Fsp3) is 0.550. The Morgan fingerprint density at radius 2 is 1.75 bits per heavy atom. The van der Waals surface area contributed by atoms with Crippen LogP contribution >= 0.6 is 11.9 Å². The van der Waals surface area contributed by atoms with E-state index in [1.165, 1.54) is 11.9 Å². The molecule has 2 aliphatic rings. The molecule has 1 aromatic rings. The molecule has 1 spiro atoms. The van der Waals surface area contributed by atoms with Gasteiger partial charge >= 0.3 is 6.09 Å². The van der Waals surface area contributed by atoms with Crippen LogP contribution in [-0.2, 0) is 9.53 Å². The maximum Gasteiger partial charge on any atom is 0.410 e. The monoisotopic (exact) mass is 405 g/mol. The van der Waals surface area contributed by atoms with Crippen LogP contribution in [0.15, 0.2) is 29.2 Å².